The lowest BCUT2D eigenvalue weighted by atomic mass is 9.87. The topological polar surface area (TPSA) is 64.0 Å². The number of hydrogen-bond acceptors (Lipinski definition) is 4. The summed E-state index contributed by atoms with van der Waals surface area (Å²) >= 11 is 0. The van der Waals surface area contributed by atoms with Gasteiger partial charge in [-0.15, -0.1) is 0 Å². The van der Waals surface area contributed by atoms with Gasteiger partial charge in [0.2, 0.25) is 5.91 Å². The third-order valence-electron chi connectivity index (χ3n) is 5.46. The minimum atomic E-state index is -0.475. The Kier molecular flexibility index (Phi) is 5.28. The molecule has 1 aliphatic carbocycles. The Morgan fingerprint density at radius 2 is 1.95 bits per heavy atom. The zero-order valence-corrected chi connectivity index (χ0v) is 13.6. The molecule has 5 nitrogen and oxygen atoms in total. The van der Waals surface area contributed by atoms with Gasteiger partial charge in [0.1, 0.15) is 0 Å². The lowest BCUT2D eigenvalue weighted by Crippen LogP contribution is -2.51. The minimum absolute atomic E-state index is 0.0258. The predicted molar refractivity (Wildman–Crippen MR) is 81.9 cm³/mol. The molecule has 1 heterocycles. The van der Waals surface area contributed by atoms with Crippen molar-refractivity contribution in [1.82, 2.24) is 9.80 Å². The predicted octanol–water partition coefficient (Wildman–Crippen LogP) is 0.841. The molecule has 0 aromatic carbocycles. The normalized spacial score (nSPS) is 37.7. The average molecular weight is 298 g/mol. The highest BCUT2D eigenvalue weighted by Gasteiger charge is 2.42. The van der Waals surface area contributed by atoms with Crippen LogP contribution in [0.2, 0.25) is 0 Å². The number of aliphatic hydroxyl groups is 2. The van der Waals surface area contributed by atoms with Crippen molar-refractivity contribution in [3.05, 3.63) is 0 Å². The Morgan fingerprint density at radius 1 is 1.33 bits per heavy atom. The zero-order valence-electron chi connectivity index (χ0n) is 13.6. The maximum atomic E-state index is 12.5. The molecule has 2 fully saturated rings. The van der Waals surface area contributed by atoms with Gasteiger partial charge in [-0.3, -0.25) is 9.69 Å². The van der Waals surface area contributed by atoms with E-state index >= 15 is 0 Å². The number of amides is 1. The maximum Gasteiger partial charge on any atom is 0.236 e. The number of carbonyl (C=O) groups is 1. The molecule has 1 amide bonds. The van der Waals surface area contributed by atoms with E-state index in [2.05, 4.69) is 6.92 Å². The monoisotopic (exact) mass is 298 g/mol. The molecule has 0 unspecified atom stereocenters. The number of likely N-dealkylation sites (tertiary alicyclic amines) is 1. The molecule has 5 heteroatoms. The third-order valence-corrected chi connectivity index (χ3v) is 5.46. The fraction of sp³-hybridized carbons (Fsp3) is 0.938. The summed E-state index contributed by atoms with van der Waals surface area (Å²) in [6.45, 7) is 4.92. The number of nitrogens with zero attached hydrogens (tertiary/aromatic N) is 2. The van der Waals surface area contributed by atoms with Gasteiger partial charge >= 0.3 is 0 Å². The lowest BCUT2D eigenvalue weighted by Gasteiger charge is -2.37. The molecule has 0 aromatic heterocycles. The fourth-order valence-electron chi connectivity index (χ4n) is 3.70. The third kappa shape index (κ3) is 3.76. The summed E-state index contributed by atoms with van der Waals surface area (Å²) in [5.41, 5.74) is -0.475. The Bertz CT molecular complexity index is 369. The molecule has 1 saturated heterocycles. The molecular formula is C16H30N2O3. The minimum Gasteiger partial charge on any atom is -0.394 e. The van der Waals surface area contributed by atoms with Crippen LogP contribution in [0, 0.1) is 5.92 Å². The number of aliphatic hydroxyl groups excluding tert-OH is 2. The Balaban J connectivity index is 1.91. The van der Waals surface area contributed by atoms with Gasteiger partial charge in [0, 0.05) is 25.2 Å². The van der Waals surface area contributed by atoms with Crippen LogP contribution >= 0.6 is 0 Å². The van der Waals surface area contributed by atoms with Crippen LogP contribution in [0.25, 0.3) is 0 Å². The first-order valence-corrected chi connectivity index (χ1v) is 8.15. The summed E-state index contributed by atoms with van der Waals surface area (Å²) in [6.07, 6.45) is 4.64. The van der Waals surface area contributed by atoms with Crippen molar-refractivity contribution in [3.8, 4) is 0 Å². The van der Waals surface area contributed by atoms with Crippen LogP contribution in [0.15, 0.2) is 0 Å². The van der Waals surface area contributed by atoms with E-state index in [0.717, 1.165) is 18.8 Å². The smallest absolute Gasteiger partial charge is 0.236 e. The second-order valence-electron chi connectivity index (χ2n) is 7.31. The highest BCUT2D eigenvalue weighted by Crippen LogP contribution is 2.30. The van der Waals surface area contributed by atoms with Crippen molar-refractivity contribution < 1.29 is 15.0 Å². The lowest BCUT2D eigenvalue weighted by molar-refractivity contribution is -0.135. The molecular weight excluding hydrogens is 268 g/mol. The summed E-state index contributed by atoms with van der Waals surface area (Å²) in [5.74, 6) is 0.875. The summed E-state index contributed by atoms with van der Waals surface area (Å²) in [4.78, 5) is 16.3. The van der Waals surface area contributed by atoms with Gasteiger partial charge in [0.05, 0.1) is 19.3 Å². The highest BCUT2D eigenvalue weighted by molar-refractivity contribution is 5.78. The molecule has 2 N–H and O–H groups in total. The molecule has 2 aliphatic rings. The summed E-state index contributed by atoms with van der Waals surface area (Å²) in [7, 11) is 1.89. The van der Waals surface area contributed by atoms with Gasteiger partial charge in [-0.1, -0.05) is 6.92 Å². The van der Waals surface area contributed by atoms with Crippen molar-refractivity contribution in [1.29, 1.82) is 0 Å². The standard InChI is InChI=1S/C16H30N2O3/c1-12-4-6-13(7-5-12)17(3)15(21)10-18-9-14(20)8-16(18,2)11-19/h12-14,19-20H,4-11H2,1-3H3/t12?,13?,14-,16+/m0/s1. The first kappa shape index (κ1) is 16.7. The number of rotatable bonds is 4. The van der Waals surface area contributed by atoms with Crippen LogP contribution in [-0.2, 0) is 4.79 Å². The van der Waals surface area contributed by atoms with E-state index < -0.39 is 11.6 Å². The SMILES string of the molecule is CC1CCC(N(C)C(=O)CN2C[C@@H](O)C[C@]2(C)CO)CC1. The maximum absolute atomic E-state index is 12.5. The van der Waals surface area contributed by atoms with E-state index in [-0.39, 0.29) is 19.1 Å². The molecule has 122 valence electrons. The molecule has 0 spiro atoms. The molecule has 21 heavy (non-hydrogen) atoms. The number of likely N-dealkylation sites (N-methyl/N-ethyl adjacent to an activating group) is 1. The van der Waals surface area contributed by atoms with Crippen molar-refractivity contribution in [2.75, 3.05) is 26.7 Å². The van der Waals surface area contributed by atoms with Gasteiger partial charge in [0.15, 0.2) is 0 Å². The van der Waals surface area contributed by atoms with E-state index in [9.17, 15) is 15.0 Å². The number of β-amino-alcohol motifs (C(OH)–C–C–N with tert-alkyl or cyclic N) is 1. The number of hydrogen-bond donors (Lipinski definition) is 2. The molecule has 2 rings (SSSR count). The summed E-state index contributed by atoms with van der Waals surface area (Å²) in [5, 5.41) is 19.4. The zero-order chi connectivity index (χ0) is 15.6. The summed E-state index contributed by atoms with van der Waals surface area (Å²) in [6, 6.07) is 0.349. The van der Waals surface area contributed by atoms with Crippen LogP contribution in [0.3, 0.4) is 0 Å². The van der Waals surface area contributed by atoms with E-state index in [1.807, 2.05) is 23.8 Å². The second kappa shape index (κ2) is 6.63. The van der Waals surface area contributed by atoms with Gasteiger partial charge in [-0.25, -0.2) is 0 Å². The molecule has 2 atom stereocenters. The Labute approximate surface area is 127 Å². The van der Waals surface area contributed by atoms with Crippen LogP contribution in [0.5, 0.6) is 0 Å². The molecule has 1 aliphatic heterocycles. The van der Waals surface area contributed by atoms with Gasteiger partial charge in [-0.05, 0) is 44.9 Å². The van der Waals surface area contributed by atoms with Crippen LogP contribution in [-0.4, -0.2) is 70.3 Å². The molecule has 1 saturated carbocycles. The van der Waals surface area contributed by atoms with Crippen LogP contribution < -0.4 is 0 Å². The fourth-order valence-corrected chi connectivity index (χ4v) is 3.70. The average Bonchev–Trinajstić information content (AvgIpc) is 2.74. The van der Waals surface area contributed by atoms with E-state index in [4.69, 9.17) is 0 Å². The van der Waals surface area contributed by atoms with E-state index in [1.165, 1.54) is 12.8 Å². The van der Waals surface area contributed by atoms with Crippen molar-refractivity contribution >= 4 is 5.91 Å². The quantitative estimate of drug-likeness (QED) is 0.807. The second-order valence-corrected chi connectivity index (χ2v) is 7.31. The largest absolute Gasteiger partial charge is 0.394 e. The van der Waals surface area contributed by atoms with Gasteiger partial charge < -0.3 is 15.1 Å². The van der Waals surface area contributed by atoms with Gasteiger partial charge in [0.25, 0.3) is 0 Å². The first-order chi connectivity index (χ1) is 9.85. The van der Waals surface area contributed by atoms with Gasteiger partial charge in [-0.2, -0.15) is 0 Å². The molecule has 0 aromatic rings. The van der Waals surface area contributed by atoms with Crippen LogP contribution in [0.4, 0.5) is 0 Å². The Morgan fingerprint density at radius 3 is 2.52 bits per heavy atom. The van der Waals surface area contributed by atoms with Crippen molar-refractivity contribution in [2.45, 2.75) is 63.6 Å². The molecule has 0 radical (unpaired) electrons. The van der Waals surface area contributed by atoms with E-state index in [0.29, 0.717) is 19.0 Å². The van der Waals surface area contributed by atoms with E-state index in [1.54, 1.807) is 0 Å². The van der Waals surface area contributed by atoms with Crippen molar-refractivity contribution in [3.63, 3.8) is 0 Å². The van der Waals surface area contributed by atoms with Crippen molar-refractivity contribution in [2.24, 2.45) is 5.92 Å². The Hall–Kier alpha value is -0.650. The molecule has 0 bridgehead atoms. The summed E-state index contributed by atoms with van der Waals surface area (Å²) < 4.78 is 0. The van der Waals surface area contributed by atoms with Crippen LogP contribution in [0.1, 0.15) is 46.0 Å². The first-order valence-electron chi connectivity index (χ1n) is 8.15. The highest BCUT2D eigenvalue weighted by atomic mass is 16.3. The number of carbonyl (C=O) groups excluding carboxylic acids is 1.